The zero-order chi connectivity index (χ0) is 19.7. The molecule has 1 saturated heterocycles. The number of carbonyl (C=O) groups is 1. The van der Waals surface area contributed by atoms with E-state index in [1.807, 2.05) is 0 Å². The largest absolute Gasteiger partial charge is 0.492 e. The Labute approximate surface area is 154 Å². The molecule has 1 heterocycles. The van der Waals surface area contributed by atoms with Crippen LogP contribution in [0.15, 0.2) is 23.1 Å². The normalized spacial score (nSPS) is 20.0. The second kappa shape index (κ2) is 7.53. The Morgan fingerprint density at radius 1 is 1.23 bits per heavy atom. The molecule has 26 heavy (non-hydrogen) atoms. The van der Waals surface area contributed by atoms with Gasteiger partial charge in [0.15, 0.2) is 0 Å². The van der Waals surface area contributed by atoms with E-state index in [4.69, 9.17) is 4.74 Å². The third-order valence-electron chi connectivity index (χ3n) is 4.15. The first-order valence-corrected chi connectivity index (χ1v) is 11.5. The van der Waals surface area contributed by atoms with Gasteiger partial charge in [-0.3, -0.25) is 4.79 Å². The van der Waals surface area contributed by atoms with Crippen molar-refractivity contribution in [2.45, 2.75) is 32.6 Å². The lowest BCUT2D eigenvalue weighted by atomic mass is 10.2. The molecular formula is C16H24N2O6S2. The highest BCUT2D eigenvalue weighted by atomic mass is 32.2. The van der Waals surface area contributed by atoms with Gasteiger partial charge < -0.3 is 4.74 Å². The minimum atomic E-state index is -3.90. The summed E-state index contributed by atoms with van der Waals surface area (Å²) in [5.74, 6) is -1.41. The van der Waals surface area contributed by atoms with Crippen LogP contribution in [0.2, 0.25) is 0 Å². The maximum atomic E-state index is 13.0. The van der Waals surface area contributed by atoms with Crippen LogP contribution in [0, 0.1) is 5.92 Å². The van der Waals surface area contributed by atoms with Crippen LogP contribution in [-0.2, 0) is 24.8 Å². The number of anilines is 1. The Hall–Kier alpha value is -1.65. The molecule has 0 N–H and O–H groups in total. The van der Waals surface area contributed by atoms with Gasteiger partial charge in [-0.05, 0) is 25.1 Å². The van der Waals surface area contributed by atoms with Crippen molar-refractivity contribution in [3.05, 3.63) is 18.2 Å². The van der Waals surface area contributed by atoms with Crippen LogP contribution in [0.25, 0.3) is 0 Å². The molecule has 1 aromatic rings. The summed E-state index contributed by atoms with van der Waals surface area (Å²) >= 11 is 0. The van der Waals surface area contributed by atoms with Crippen molar-refractivity contribution >= 4 is 31.6 Å². The molecule has 1 fully saturated rings. The van der Waals surface area contributed by atoms with Gasteiger partial charge in [0.2, 0.25) is 26.0 Å². The van der Waals surface area contributed by atoms with Gasteiger partial charge in [-0.2, -0.15) is 4.31 Å². The minimum absolute atomic E-state index is 0.00790. The highest BCUT2D eigenvalue weighted by Crippen LogP contribution is 2.35. The predicted molar refractivity (Wildman–Crippen MR) is 98.2 cm³/mol. The van der Waals surface area contributed by atoms with E-state index in [1.165, 1.54) is 29.4 Å². The van der Waals surface area contributed by atoms with Crippen molar-refractivity contribution in [3.8, 4) is 5.75 Å². The van der Waals surface area contributed by atoms with Crippen LogP contribution >= 0.6 is 0 Å². The summed E-state index contributed by atoms with van der Waals surface area (Å²) in [6.07, 6.45) is 0. The Kier molecular flexibility index (Phi) is 5.99. The molecule has 1 aliphatic heterocycles. The maximum absolute atomic E-state index is 13.0. The Morgan fingerprint density at radius 2 is 1.85 bits per heavy atom. The molecule has 0 spiro atoms. The first-order valence-electron chi connectivity index (χ1n) is 8.43. The predicted octanol–water partition coefficient (Wildman–Crippen LogP) is 1.43. The average molecular weight is 405 g/mol. The lowest BCUT2D eigenvalue weighted by Crippen LogP contribution is -2.32. The van der Waals surface area contributed by atoms with E-state index in [0.29, 0.717) is 4.31 Å². The van der Waals surface area contributed by atoms with E-state index in [-0.39, 0.29) is 41.8 Å². The lowest BCUT2D eigenvalue weighted by Gasteiger charge is -2.22. The molecular weight excluding hydrogens is 380 g/mol. The topological polar surface area (TPSA) is 101 Å². The number of hydrogen-bond acceptors (Lipinski definition) is 6. The summed E-state index contributed by atoms with van der Waals surface area (Å²) in [7, 11) is -7.72. The van der Waals surface area contributed by atoms with Gasteiger partial charge in [-0.1, -0.05) is 20.8 Å². The molecule has 1 amide bonds. The summed E-state index contributed by atoms with van der Waals surface area (Å²) in [6, 6.07) is 3.98. The summed E-state index contributed by atoms with van der Waals surface area (Å²) in [5, 5.41) is 0. The minimum Gasteiger partial charge on any atom is -0.492 e. The van der Waals surface area contributed by atoms with Crippen molar-refractivity contribution in [1.82, 2.24) is 4.31 Å². The van der Waals surface area contributed by atoms with Crippen LogP contribution in [0.5, 0.6) is 5.75 Å². The Morgan fingerprint density at radius 3 is 2.31 bits per heavy atom. The van der Waals surface area contributed by atoms with E-state index >= 15 is 0 Å². The van der Waals surface area contributed by atoms with Gasteiger partial charge in [-0.25, -0.2) is 21.1 Å². The first kappa shape index (κ1) is 20.7. The van der Waals surface area contributed by atoms with Gasteiger partial charge in [-0.15, -0.1) is 0 Å². The van der Waals surface area contributed by atoms with Gasteiger partial charge in [0.05, 0.1) is 24.0 Å². The fourth-order valence-electron chi connectivity index (χ4n) is 2.89. The fourth-order valence-corrected chi connectivity index (χ4v) is 6.31. The highest BCUT2D eigenvalue weighted by Gasteiger charge is 2.42. The zero-order valence-electron chi connectivity index (χ0n) is 15.3. The monoisotopic (exact) mass is 404 g/mol. The van der Waals surface area contributed by atoms with Crippen molar-refractivity contribution in [2.24, 2.45) is 5.92 Å². The van der Waals surface area contributed by atoms with Crippen LogP contribution in [0.1, 0.15) is 27.7 Å². The molecule has 1 aromatic carbocycles. The Balaban J connectivity index is 2.65. The van der Waals surface area contributed by atoms with Crippen LogP contribution in [0.3, 0.4) is 0 Å². The zero-order valence-corrected chi connectivity index (χ0v) is 16.9. The van der Waals surface area contributed by atoms with E-state index in [1.54, 1.807) is 20.8 Å². The Bertz CT molecular complexity index is 891. The number of hydrogen-bond donors (Lipinski definition) is 0. The van der Waals surface area contributed by atoms with Gasteiger partial charge >= 0.3 is 0 Å². The first-order chi connectivity index (χ1) is 12.1. The summed E-state index contributed by atoms with van der Waals surface area (Å²) < 4.78 is 57.9. The lowest BCUT2D eigenvalue weighted by molar-refractivity contribution is -0.119. The number of rotatable bonds is 7. The van der Waals surface area contributed by atoms with Crippen molar-refractivity contribution in [2.75, 3.05) is 29.8 Å². The molecule has 2 rings (SSSR count). The van der Waals surface area contributed by atoms with Gasteiger partial charge in [0, 0.05) is 13.1 Å². The van der Waals surface area contributed by atoms with Crippen LogP contribution in [-0.4, -0.2) is 52.5 Å². The molecule has 10 heteroatoms. The number of ether oxygens (including phenoxy) is 1. The van der Waals surface area contributed by atoms with E-state index in [2.05, 4.69) is 0 Å². The van der Waals surface area contributed by atoms with E-state index in [9.17, 15) is 21.6 Å². The number of nitrogens with zero attached hydrogens (tertiary/aromatic N) is 2. The third-order valence-corrected chi connectivity index (χ3v) is 8.08. The molecule has 0 bridgehead atoms. The highest BCUT2D eigenvalue weighted by molar-refractivity contribution is 7.94. The standard InChI is InChI=1S/C16H24N2O6S2/c1-5-17(6-2)26(22,23)15-10-13(8-9-14(15)24-7-3)18-16(19)12(4)11-25(18,20)21/h8-10,12H,5-7,11H2,1-4H3. The molecule has 8 nitrogen and oxygen atoms in total. The van der Waals surface area contributed by atoms with Gasteiger partial charge in [0.1, 0.15) is 10.6 Å². The summed E-state index contributed by atoms with van der Waals surface area (Å²) in [4.78, 5) is 12.1. The number of carbonyl (C=O) groups excluding carboxylic acids is 1. The van der Waals surface area contributed by atoms with E-state index < -0.39 is 31.9 Å². The maximum Gasteiger partial charge on any atom is 0.246 e. The molecule has 1 atom stereocenters. The SMILES string of the molecule is CCOc1ccc(N2C(=O)C(C)CS2(=O)=O)cc1S(=O)(=O)N(CC)CC. The van der Waals surface area contributed by atoms with Gasteiger partial charge in [0.25, 0.3) is 0 Å². The molecule has 1 aliphatic rings. The summed E-state index contributed by atoms with van der Waals surface area (Å²) in [6.45, 7) is 7.43. The van der Waals surface area contributed by atoms with Crippen molar-refractivity contribution in [3.63, 3.8) is 0 Å². The third kappa shape index (κ3) is 3.58. The molecule has 146 valence electrons. The molecule has 1 unspecified atom stereocenters. The van der Waals surface area contributed by atoms with Crippen LogP contribution in [0.4, 0.5) is 5.69 Å². The quantitative estimate of drug-likeness (QED) is 0.681. The van der Waals surface area contributed by atoms with Crippen molar-refractivity contribution in [1.29, 1.82) is 0 Å². The fraction of sp³-hybridized carbons (Fsp3) is 0.562. The summed E-state index contributed by atoms with van der Waals surface area (Å²) in [5.41, 5.74) is 0.00790. The number of sulfonamides is 2. The molecule has 0 radical (unpaired) electrons. The number of amides is 1. The second-order valence-electron chi connectivity index (χ2n) is 5.94. The van der Waals surface area contributed by atoms with Crippen LogP contribution < -0.4 is 9.04 Å². The molecule has 0 aromatic heterocycles. The molecule has 0 saturated carbocycles. The number of benzene rings is 1. The smallest absolute Gasteiger partial charge is 0.246 e. The molecule has 0 aliphatic carbocycles. The second-order valence-corrected chi connectivity index (χ2v) is 9.70. The van der Waals surface area contributed by atoms with Crippen molar-refractivity contribution < 1.29 is 26.4 Å². The van der Waals surface area contributed by atoms with E-state index in [0.717, 1.165) is 0 Å². The average Bonchev–Trinajstić information content (AvgIpc) is 2.76.